The van der Waals surface area contributed by atoms with Crippen molar-refractivity contribution < 1.29 is 0 Å². The molecule has 1 saturated carbocycles. The van der Waals surface area contributed by atoms with Gasteiger partial charge in [-0.05, 0) is 18.3 Å². The summed E-state index contributed by atoms with van der Waals surface area (Å²) >= 11 is 0. The lowest BCUT2D eigenvalue weighted by Crippen LogP contribution is -2.14. The van der Waals surface area contributed by atoms with E-state index >= 15 is 0 Å². The molecule has 0 heterocycles. The standard InChI is InChI=1S/C9H15N.CH4/c1-8(5-6-10)7-9-3-2-4-9;/h8-9H,2-5,7H2,1H3;1H4. The maximum atomic E-state index is 8.39. The van der Waals surface area contributed by atoms with Gasteiger partial charge in [-0.25, -0.2) is 0 Å². The molecule has 0 amide bonds. The third kappa shape index (κ3) is 3.41. The molecule has 0 aromatic carbocycles. The van der Waals surface area contributed by atoms with E-state index in [2.05, 4.69) is 13.0 Å². The average molecular weight is 153 g/mol. The number of nitrogens with zero attached hydrogens (tertiary/aromatic N) is 1. The highest BCUT2D eigenvalue weighted by Gasteiger charge is 2.19. The topological polar surface area (TPSA) is 23.8 Å². The lowest BCUT2D eigenvalue weighted by Gasteiger charge is -2.27. The molecule has 0 radical (unpaired) electrons. The van der Waals surface area contributed by atoms with Crippen LogP contribution >= 0.6 is 0 Å². The molecule has 1 rings (SSSR count). The first kappa shape index (κ1) is 10.5. The van der Waals surface area contributed by atoms with E-state index in [1.807, 2.05) is 0 Å². The summed E-state index contributed by atoms with van der Waals surface area (Å²) in [6, 6.07) is 2.22. The van der Waals surface area contributed by atoms with Crippen LogP contribution in [0.4, 0.5) is 0 Å². The summed E-state index contributed by atoms with van der Waals surface area (Å²) in [6.07, 6.45) is 6.28. The molecule has 0 spiro atoms. The van der Waals surface area contributed by atoms with Crippen molar-refractivity contribution in [2.45, 2.75) is 46.5 Å². The molecule has 1 aliphatic carbocycles. The smallest absolute Gasteiger partial charge is 0.0624 e. The zero-order valence-corrected chi connectivity index (χ0v) is 6.64. The monoisotopic (exact) mass is 153 g/mol. The van der Waals surface area contributed by atoms with Crippen molar-refractivity contribution in [1.29, 1.82) is 5.26 Å². The summed E-state index contributed by atoms with van der Waals surface area (Å²) in [5, 5.41) is 8.39. The second-order valence-electron chi connectivity index (χ2n) is 3.50. The number of hydrogen-bond donors (Lipinski definition) is 0. The van der Waals surface area contributed by atoms with Crippen molar-refractivity contribution in [3.05, 3.63) is 0 Å². The fourth-order valence-electron chi connectivity index (χ4n) is 1.54. The SMILES string of the molecule is C.CC(CC#N)CC1CCC1. The maximum absolute atomic E-state index is 8.39. The Balaban J connectivity index is 0.000001000. The molecule has 1 aliphatic rings. The third-order valence-electron chi connectivity index (χ3n) is 2.40. The molecule has 1 atom stereocenters. The molecule has 0 saturated heterocycles. The van der Waals surface area contributed by atoms with Crippen LogP contribution < -0.4 is 0 Å². The summed E-state index contributed by atoms with van der Waals surface area (Å²) in [6.45, 7) is 2.18. The summed E-state index contributed by atoms with van der Waals surface area (Å²) in [5.41, 5.74) is 0. The van der Waals surface area contributed by atoms with Crippen molar-refractivity contribution in [2.24, 2.45) is 11.8 Å². The zero-order valence-electron chi connectivity index (χ0n) is 6.64. The second-order valence-corrected chi connectivity index (χ2v) is 3.50. The van der Waals surface area contributed by atoms with Gasteiger partial charge >= 0.3 is 0 Å². The van der Waals surface area contributed by atoms with Gasteiger partial charge in [0.1, 0.15) is 0 Å². The van der Waals surface area contributed by atoms with Crippen molar-refractivity contribution in [1.82, 2.24) is 0 Å². The Morgan fingerprint density at radius 1 is 1.55 bits per heavy atom. The predicted molar refractivity (Wildman–Crippen MR) is 48.1 cm³/mol. The van der Waals surface area contributed by atoms with Gasteiger partial charge in [0.2, 0.25) is 0 Å². The van der Waals surface area contributed by atoms with Crippen LogP contribution in [0.1, 0.15) is 46.5 Å². The molecular weight excluding hydrogens is 134 g/mol. The van der Waals surface area contributed by atoms with Crippen LogP contribution in [-0.4, -0.2) is 0 Å². The third-order valence-corrected chi connectivity index (χ3v) is 2.40. The van der Waals surface area contributed by atoms with E-state index in [0.717, 1.165) is 12.3 Å². The largest absolute Gasteiger partial charge is 0.198 e. The highest BCUT2D eigenvalue weighted by atomic mass is 14.3. The minimum absolute atomic E-state index is 0. The molecule has 0 N–H and O–H groups in total. The van der Waals surface area contributed by atoms with E-state index in [9.17, 15) is 0 Å². The zero-order chi connectivity index (χ0) is 7.40. The van der Waals surface area contributed by atoms with Gasteiger partial charge in [-0.2, -0.15) is 5.26 Å². The van der Waals surface area contributed by atoms with Crippen molar-refractivity contribution >= 4 is 0 Å². The Kier molecular flexibility index (Phi) is 4.94. The van der Waals surface area contributed by atoms with Crippen LogP contribution in [0.3, 0.4) is 0 Å². The van der Waals surface area contributed by atoms with Gasteiger partial charge in [0.15, 0.2) is 0 Å². The van der Waals surface area contributed by atoms with E-state index in [-0.39, 0.29) is 7.43 Å². The molecular formula is C10H19N. The van der Waals surface area contributed by atoms with Gasteiger partial charge in [-0.1, -0.05) is 33.6 Å². The molecule has 11 heavy (non-hydrogen) atoms. The predicted octanol–water partition coefficient (Wildman–Crippen LogP) is 3.36. The van der Waals surface area contributed by atoms with Gasteiger partial charge in [-0.3, -0.25) is 0 Å². The first-order valence-corrected chi connectivity index (χ1v) is 4.20. The van der Waals surface area contributed by atoms with Crippen molar-refractivity contribution in [3.63, 3.8) is 0 Å². The molecule has 0 aromatic rings. The Labute approximate surface area is 70.4 Å². The number of rotatable bonds is 3. The van der Waals surface area contributed by atoms with Crippen LogP contribution in [-0.2, 0) is 0 Å². The first-order valence-electron chi connectivity index (χ1n) is 4.20. The van der Waals surface area contributed by atoms with E-state index in [4.69, 9.17) is 5.26 Å². The minimum atomic E-state index is 0. The summed E-state index contributed by atoms with van der Waals surface area (Å²) in [7, 11) is 0. The van der Waals surface area contributed by atoms with Crippen LogP contribution in [0.25, 0.3) is 0 Å². The van der Waals surface area contributed by atoms with Crippen LogP contribution in [0.15, 0.2) is 0 Å². The van der Waals surface area contributed by atoms with Crippen LogP contribution in [0.2, 0.25) is 0 Å². The summed E-state index contributed by atoms with van der Waals surface area (Å²) in [4.78, 5) is 0. The van der Waals surface area contributed by atoms with Crippen LogP contribution in [0, 0.1) is 23.2 Å². The van der Waals surface area contributed by atoms with Gasteiger partial charge < -0.3 is 0 Å². The lowest BCUT2D eigenvalue weighted by atomic mass is 9.79. The maximum Gasteiger partial charge on any atom is 0.0624 e. The fraction of sp³-hybridized carbons (Fsp3) is 0.900. The molecule has 0 aliphatic heterocycles. The Morgan fingerprint density at radius 2 is 2.18 bits per heavy atom. The highest BCUT2D eigenvalue weighted by Crippen LogP contribution is 2.32. The molecule has 1 fully saturated rings. The Bertz CT molecular complexity index is 130. The van der Waals surface area contributed by atoms with E-state index in [1.165, 1.54) is 25.7 Å². The van der Waals surface area contributed by atoms with Crippen molar-refractivity contribution in [3.8, 4) is 6.07 Å². The Morgan fingerprint density at radius 3 is 2.55 bits per heavy atom. The molecule has 0 bridgehead atoms. The van der Waals surface area contributed by atoms with Gasteiger partial charge in [0, 0.05) is 6.42 Å². The summed E-state index contributed by atoms with van der Waals surface area (Å²) < 4.78 is 0. The molecule has 0 aromatic heterocycles. The lowest BCUT2D eigenvalue weighted by molar-refractivity contribution is 0.258. The van der Waals surface area contributed by atoms with Gasteiger partial charge in [-0.15, -0.1) is 0 Å². The normalized spacial score (nSPS) is 19.3. The number of hydrogen-bond acceptors (Lipinski definition) is 1. The first-order chi connectivity index (χ1) is 4.83. The molecule has 1 nitrogen and oxygen atoms in total. The molecule has 64 valence electrons. The quantitative estimate of drug-likeness (QED) is 0.610. The van der Waals surface area contributed by atoms with E-state index in [1.54, 1.807) is 0 Å². The van der Waals surface area contributed by atoms with Gasteiger partial charge in [0.05, 0.1) is 6.07 Å². The van der Waals surface area contributed by atoms with Crippen LogP contribution in [0.5, 0.6) is 0 Å². The van der Waals surface area contributed by atoms with E-state index < -0.39 is 0 Å². The minimum Gasteiger partial charge on any atom is -0.198 e. The number of nitriles is 1. The highest BCUT2D eigenvalue weighted by molar-refractivity contribution is 4.78. The van der Waals surface area contributed by atoms with E-state index in [0.29, 0.717) is 5.92 Å². The molecule has 1 heteroatoms. The summed E-state index contributed by atoms with van der Waals surface area (Å²) in [5.74, 6) is 1.60. The molecule has 1 unspecified atom stereocenters. The second kappa shape index (κ2) is 5.18. The van der Waals surface area contributed by atoms with Gasteiger partial charge in [0.25, 0.3) is 0 Å². The average Bonchev–Trinajstić information content (AvgIpc) is 1.80. The Hall–Kier alpha value is -0.510. The fourth-order valence-corrected chi connectivity index (χ4v) is 1.54. The van der Waals surface area contributed by atoms with Crippen molar-refractivity contribution in [2.75, 3.05) is 0 Å².